The molecular formula is C13H25NO2. The van der Waals surface area contributed by atoms with Crippen LogP contribution in [0.1, 0.15) is 40.0 Å². The molecule has 1 aliphatic carbocycles. The van der Waals surface area contributed by atoms with Crippen molar-refractivity contribution < 1.29 is 9.47 Å². The highest BCUT2D eigenvalue weighted by Gasteiger charge is 2.56. The summed E-state index contributed by atoms with van der Waals surface area (Å²) >= 11 is 0. The molecule has 0 amide bonds. The first-order chi connectivity index (χ1) is 7.36. The van der Waals surface area contributed by atoms with Crippen molar-refractivity contribution in [1.29, 1.82) is 0 Å². The van der Waals surface area contributed by atoms with Crippen LogP contribution < -0.4 is 0 Å². The molecule has 0 bridgehead atoms. The Balaban J connectivity index is 2.02. The van der Waals surface area contributed by atoms with Crippen LogP contribution in [0.2, 0.25) is 0 Å². The molecule has 1 aliphatic heterocycles. The summed E-state index contributed by atoms with van der Waals surface area (Å²) in [6.07, 6.45) is 3.91. The van der Waals surface area contributed by atoms with Gasteiger partial charge in [0.15, 0.2) is 0 Å². The molecule has 2 rings (SSSR count). The molecule has 0 radical (unpaired) electrons. The van der Waals surface area contributed by atoms with Crippen LogP contribution in [0.3, 0.4) is 0 Å². The molecule has 2 fully saturated rings. The highest BCUT2D eigenvalue weighted by atomic mass is 16.5. The first-order valence-corrected chi connectivity index (χ1v) is 6.29. The molecule has 3 heteroatoms. The zero-order valence-corrected chi connectivity index (χ0v) is 11.2. The van der Waals surface area contributed by atoms with Crippen molar-refractivity contribution in [3.05, 3.63) is 0 Å². The average Bonchev–Trinajstić information content (AvgIpc) is 2.78. The van der Waals surface area contributed by atoms with Gasteiger partial charge in [0, 0.05) is 19.7 Å². The third kappa shape index (κ3) is 2.41. The Labute approximate surface area is 99.1 Å². The Bertz CT molecular complexity index is 255. The van der Waals surface area contributed by atoms with Crippen LogP contribution in [0.15, 0.2) is 0 Å². The maximum atomic E-state index is 6.29. The lowest BCUT2D eigenvalue weighted by Crippen LogP contribution is -2.44. The van der Waals surface area contributed by atoms with Gasteiger partial charge in [0.1, 0.15) is 0 Å². The Morgan fingerprint density at radius 1 is 1.25 bits per heavy atom. The van der Waals surface area contributed by atoms with Crippen LogP contribution >= 0.6 is 0 Å². The maximum Gasteiger partial charge on any atom is 0.0847 e. The van der Waals surface area contributed by atoms with Crippen LogP contribution in [0.25, 0.3) is 0 Å². The minimum atomic E-state index is -0.0392. The number of likely N-dealkylation sites (tertiary alicyclic amines) is 1. The molecule has 1 saturated carbocycles. The van der Waals surface area contributed by atoms with Crippen molar-refractivity contribution in [3.63, 3.8) is 0 Å². The molecular weight excluding hydrogens is 202 g/mol. The van der Waals surface area contributed by atoms with E-state index < -0.39 is 0 Å². The predicted molar refractivity (Wildman–Crippen MR) is 64.6 cm³/mol. The van der Waals surface area contributed by atoms with Crippen molar-refractivity contribution in [3.8, 4) is 0 Å². The van der Waals surface area contributed by atoms with Crippen molar-refractivity contribution in [2.45, 2.75) is 63.4 Å². The largest absolute Gasteiger partial charge is 0.380 e. The second-order valence-corrected chi connectivity index (χ2v) is 6.33. The van der Waals surface area contributed by atoms with E-state index in [1.165, 1.54) is 12.8 Å². The molecule has 0 aromatic rings. The maximum absolute atomic E-state index is 6.29. The van der Waals surface area contributed by atoms with Gasteiger partial charge in [0.05, 0.1) is 17.3 Å². The molecule has 1 heterocycles. The molecule has 2 unspecified atom stereocenters. The minimum absolute atomic E-state index is 0.0392. The Kier molecular flexibility index (Phi) is 3.06. The van der Waals surface area contributed by atoms with E-state index in [0.29, 0.717) is 12.1 Å². The number of hydrogen-bond acceptors (Lipinski definition) is 3. The number of methoxy groups -OCH3 is 1. The molecule has 16 heavy (non-hydrogen) atoms. The van der Waals surface area contributed by atoms with Gasteiger partial charge < -0.3 is 9.47 Å². The summed E-state index contributed by atoms with van der Waals surface area (Å²) in [6, 6.07) is 0.539. The second kappa shape index (κ2) is 3.97. The zero-order chi connectivity index (χ0) is 12.0. The van der Waals surface area contributed by atoms with Gasteiger partial charge in [-0.3, -0.25) is 4.90 Å². The van der Waals surface area contributed by atoms with E-state index in [1.54, 1.807) is 0 Å². The smallest absolute Gasteiger partial charge is 0.0847 e. The fraction of sp³-hybridized carbons (Fsp3) is 1.00. The average molecular weight is 227 g/mol. The van der Waals surface area contributed by atoms with Crippen LogP contribution in [-0.4, -0.2) is 49.0 Å². The highest BCUT2D eigenvalue weighted by Crippen LogP contribution is 2.49. The summed E-state index contributed by atoms with van der Waals surface area (Å²) in [7, 11) is 4.00. The van der Waals surface area contributed by atoms with Gasteiger partial charge in [-0.05, 0) is 47.1 Å². The zero-order valence-electron chi connectivity index (χ0n) is 11.2. The highest BCUT2D eigenvalue weighted by molar-refractivity contribution is 5.10. The van der Waals surface area contributed by atoms with Crippen molar-refractivity contribution in [1.82, 2.24) is 4.90 Å². The van der Waals surface area contributed by atoms with E-state index in [1.807, 2.05) is 7.11 Å². The normalized spacial score (nSPS) is 34.3. The molecule has 2 atom stereocenters. The molecule has 3 nitrogen and oxygen atoms in total. The van der Waals surface area contributed by atoms with Crippen molar-refractivity contribution in [2.24, 2.45) is 0 Å². The third-order valence-corrected chi connectivity index (χ3v) is 3.70. The van der Waals surface area contributed by atoms with Gasteiger partial charge in [-0.15, -0.1) is 0 Å². The van der Waals surface area contributed by atoms with Gasteiger partial charge >= 0.3 is 0 Å². The van der Waals surface area contributed by atoms with Gasteiger partial charge in [-0.1, -0.05) is 0 Å². The quantitative estimate of drug-likeness (QED) is 0.736. The van der Waals surface area contributed by atoms with Gasteiger partial charge in [-0.2, -0.15) is 0 Å². The summed E-state index contributed by atoms with van der Waals surface area (Å²) < 4.78 is 11.8. The lowest BCUT2D eigenvalue weighted by atomic mass is 10.0. The Hall–Kier alpha value is -0.120. The number of nitrogens with zero attached hydrogens (tertiary/aromatic N) is 1. The summed E-state index contributed by atoms with van der Waals surface area (Å²) in [6.45, 7) is 7.48. The lowest BCUT2D eigenvalue weighted by Gasteiger charge is -2.34. The minimum Gasteiger partial charge on any atom is -0.380 e. The number of ether oxygens (including phenoxy) is 2. The first-order valence-electron chi connectivity index (χ1n) is 6.29. The van der Waals surface area contributed by atoms with E-state index in [2.05, 4.69) is 32.7 Å². The Morgan fingerprint density at radius 2 is 1.88 bits per heavy atom. The molecule has 2 aliphatic rings. The van der Waals surface area contributed by atoms with E-state index in [0.717, 1.165) is 13.0 Å². The predicted octanol–water partition coefficient (Wildman–Crippen LogP) is 2.05. The first kappa shape index (κ1) is 12.3. The fourth-order valence-corrected chi connectivity index (χ4v) is 2.98. The van der Waals surface area contributed by atoms with Crippen molar-refractivity contribution >= 4 is 0 Å². The number of hydrogen-bond donors (Lipinski definition) is 0. The van der Waals surface area contributed by atoms with Gasteiger partial charge in [0.25, 0.3) is 0 Å². The van der Waals surface area contributed by atoms with Crippen LogP contribution in [-0.2, 0) is 9.47 Å². The summed E-state index contributed by atoms with van der Waals surface area (Å²) in [5.74, 6) is 0. The molecule has 0 aromatic carbocycles. The van der Waals surface area contributed by atoms with Crippen LogP contribution in [0, 0.1) is 0 Å². The van der Waals surface area contributed by atoms with E-state index in [-0.39, 0.29) is 11.2 Å². The molecule has 94 valence electrons. The SMILES string of the molecule is COC1CC(C2(OC(C)(C)C)CC2)N(C)C1. The van der Waals surface area contributed by atoms with Gasteiger partial charge in [0.2, 0.25) is 0 Å². The van der Waals surface area contributed by atoms with Crippen molar-refractivity contribution in [2.75, 3.05) is 20.7 Å². The topological polar surface area (TPSA) is 21.7 Å². The monoisotopic (exact) mass is 227 g/mol. The lowest BCUT2D eigenvalue weighted by molar-refractivity contribution is -0.104. The number of rotatable bonds is 3. The van der Waals surface area contributed by atoms with Crippen LogP contribution in [0.4, 0.5) is 0 Å². The van der Waals surface area contributed by atoms with E-state index >= 15 is 0 Å². The molecule has 0 spiro atoms. The Morgan fingerprint density at radius 3 is 2.25 bits per heavy atom. The van der Waals surface area contributed by atoms with E-state index in [9.17, 15) is 0 Å². The molecule has 0 N–H and O–H groups in total. The summed E-state index contributed by atoms with van der Waals surface area (Å²) in [4.78, 5) is 2.41. The standard InChI is InChI=1S/C13H25NO2/c1-12(2,3)16-13(6-7-13)11-8-10(15-5)9-14(11)4/h10-11H,6-9H2,1-5H3. The molecule has 0 aromatic heterocycles. The molecule has 1 saturated heterocycles. The third-order valence-electron chi connectivity index (χ3n) is 3.70. The van der Waals surface area contributed by atoms with Gasteiger partial charge in [-0.25, -0.2) is 0 Å². The summed E-state index contributed by atoms with van der Waals surface area (Å²) in [5.41, 5.74) is 0.0722. The summed E-state index contributed by atoms with van der Waals surface area (Å²) in [5, 5.41) is 0. The number of likely N-dealkylation sites (N-methyl/N-ethyl adjacent to an activating group) is 1. The fourth-order valence-electron chi connectivity index (χ4n) is 2.98. The van der Waals surface area contributed by atoms with Crippen LogP contribution in [0.5, 0.6) is 0 Å². The second-order valence-electron chi connectivity index (χ2n) is 6.33. The van der Waals surface area contributed by atoms with E-state index in [4.69, 9.17) is 9.47 Å².